The number of amides is 1. The largest absolute Gasteiger partial charge is 0.392 e. The molecule has 5 rings (SSSR count). The molecule has 1 N–H and O–H groups in total. The summed E-state index contributed by atoms with van der Waals surface area (Å²) in [5.74, 6) is 0.305. The first-order valence-electron chi connectivity index (χ1n) is 11.8. The zero-order valence-corrected chi connectivity index (χ0v) is 19.0. The average Bonchev–Trinajstić information content (AvgIpc) is 3.43. The van der Waals surface area contributed by atoms with Gasteiger partial charge in [0, 0.05) is 38.0 Å². The molecular formula is C24H27F3N6O. The molecule has 1 aromatic carbocycles. The lowest BCUT2D eigenvalue weighted by atomic mass is 9.98. The van der Waals surface area contributed by atoms with E-state index in [1.165, 1.54) is 0 Å². The Hall–Kier alpha value is -3.17. The van der Waals surface area contributed by atoms with Crippen LogP contribution in [0.3, 0.4) is 0 Å². The molecule has 1 atom stereocenters. The van der Waals surface area contributed by atoms with E-state index >= 15 is 0 Å². The van der Waals surface area contributed by atoms with Gasteiger partial charge >= 0.3 is 6.18 Å². The number of rotatable bonds is 5. The minimum Gasteiger partial charge on any atom is -0.347 e. The van der Waals surface area contributed by atoms with Crippen LogP contribution in [0, 0.1) is 5.92 Å². The van der Waals surface area contributed by atoms with E-state index in [1.807, 2.05) is 31.2 Å². The number of nitrogens with one attached hydrogen (secondary N) is 1. The normalized spacial score (nSPS) is 17.8. The van der Waals surface area contributed by atoms with E-state index in [-0.39, 0.29) is 25.3 Å². The monoisotopic (exact) mass is 472 g/mol. The van der Waals surface area contributed by atoms with Crippen LogP contribution in [-0.4, -0.2) is 36.4 Å². The summed E-state index contributed by atoms with van der Waals surface area (Å²) in [6.07, 6.45) is -0.553. The van der Waals surface area contributed by atoms with Crippen molar-refractivity contribution in [3.63, 3.8) is 0 Å². The standard InChI is InChI=1S/C24H27F3N6O/c1-2-18-21(32-11-4-3-5-19(32)29-18)23(34)28-14-15-6-8-16(9-7-15)22-30-20-13-17(24(25,26)27)10-12-33(20)31-22/h6-9,17H,2-5,10-14H2,1H3,(H,28,34)/t17-/m0/s1. The molecule has 2 aliphatic heterocycles. The Bertz CT molecular complexity index is 1190. The van der Waals surface area contributed by atoms with Gasteiger partial charge in [0.25, 0.3) is 5.91 Å². The SMILES string of the molecule is CCc1nc2n(c1C(=O)NCc1ccc(-c3nc4n(n3)CC[C@H](C(F)(F)F)C4)cc1)CCCC2. The highest BCUT2D eigenvalue weighted by Gasteiger charge is 2.42. The number of halogens is 3. The van der Waals surface area contributed by atoms with Crippen LogP contribution in [0.15, 0.2) is 24.3 Å². The van der Waals surface area contributed by atoms with Gasteiger partial charge in [-0.1, -0.05) is 31.2 Å². The van der Waals surface area contributed by atoms with E-state index < -0.39 is 12.1 Å². The van der Waals surface area contributed by atoms with Crippen molar-refractivity contribution in [1.82, 2.24) is 29.6 Å². The van der Waals surface area contributed by atoms with Crippen molar-refractivity contribution in [2.75, 3.05) is 0 Å². The molecule has 0 bridgehead atoms. The van der Waals surface area contributed by atoms with Crippen LogP contribution in [-0.2, 0) is 38.9 Å². The van der Waals surface area contributed by atoms with Gasteiger partial charge in [-0.05, 0) is 31.2 Å². The number of benzene rings is 1. The molecular weight excluding hydrogens is 445 g/mol. The molecule has 34 heavy (non-hydrogen) atoms. The Morgan fingerprint density at radius 2 is 1.91 bits per heavy atom. The number of aromatic nitrogens is 5. The van der Waals surface area contributed by atoms with Crippen molar-refractivity contribution in [2.45, 2.75) is 71.3 Å². The van der Waals surface area contributed by atoms with E-state index in [0.29, 0.717) is 30.3 Å². The predicted molar refractivity (Wildman–Crippen MR) is 119 cm³/mol. The number of carbonyl (C=O) groups excluding carboxylic acids is 1. The van der Waals surface area contributed by atoms with Crippen molar-refractivity contribution in [3.05, 3.63) is 52.9 Å². The van der Waals surface area contributed by atoms with Gasteiger partial charge in [0.15, 0.2) is 5.82 Å². The van der Waals surface area contributed by atoms with Gasteiger partial charge in [-0.3, -0.25) is 4.79 Å². The molecule has 4 heterocycles. The van der Waals surface area contributed by atoms with E-state index in [1.54, 1.807) is 4.68 Å². The highest BCUT2D eigenvalue weighted by Crippen LogP contribution is 2.34. The van der Waals surface area contributed by atoms with E-state index in [4.69, 9.17) is 0 Å². The molecule has 2 aromatic heterocycles. The Labute approximate surface area is 195 Å². The quantitative estimate of drug-likeness (QED) is 0.607. The van der Waals surface area contributed by atoms with E-state index in [0.717, 1.165) is 48.5 Å². The number of hydrogen-bond donors (Lipinski definition) is 1. The van der Waals surface area contributed by atoms with Gasteiger partial charge in [0.1, 0.15) is 17.3 Å². The molecule has 0 spiro atoms. The van der Waals surface area contributed by atoms with Crippen molar-refractivity contribution in [1.29, 1.82) is 0 Å². The smallest absolute Gasteiger partial charge is 0.347 e. The molecule has 2 aliphatic rings. The molecule has 0 saturated carbocycles. The number of imidazole rings is 1. The third-order valence-electron chi connectivity index (χ3n) is 6.70. The number of alkyl halides is 3. The summed E-state index contributed by atoms with van der Waals surface area (Å²) >= 11 is 0. The van der Waals surface area contributed by atoms with Crippen LogP contribution < -0.4 is 5.32 Å². The second-order valence-electron chi connectivity index (χ2n) is 8.97. The van der Waals surface area contributed by atoms with Gasteiger partial charge in [-0.25, -0.2) is 14.6 Å². The first-order valence-corrected chi connectivity index (χ1v) is 11.8. The Kier molecular flexibility index (Phi) is 5.91. The lowest BCUT2D eigenvalue weighted by Crippen LogP contribution is -2.31. The molecule has 0 radical (unpaired) electrons. The van der Waals surface area contributed by atoms with Crippen molar-refractivity contribution in [3.8, 4) is 11.4 Å². The maximum Gasteiger partial charge on any atom is 0.392 e. The van der Waals surface area contributed by atoms with Crippen molar-refractivity contribution >= 4 is 5.91 Å². The fourth-order valence-electron chi connectivity index (χ4n) is 4.78. The molecule has 7 nitrogen and oxygen atoms in total. The second-order valence-corrected chi connectivity index (χ2v) is 8.97. The summed E-state index contributed by atoms with van der Waals surface area (Å²) in [4.78, 5) is 22.0. The fourth-order valence-corrected chi connectivity index (χ4v) is 4.78. The van der Waals surface area contributed by atoms with Crippen molar-refractivity contribution < 1.29 is 18.0 Å². The lowest BCUT2D eigenvalue weighted by molar-refractivity contribution is -0.179. The number of fused-ring (bicyclic) bond motifs is 2. The predicted octanol–water partition coefficient (Wildman–Crippen LogP) is 4.10. The topological polar surface area (TPSA) is 77.6 Å². The van der Waals surface area contributed by atoms with E-state index in [9.17, 15) is 18.0 Å². The first kappa shape index (κ1) is 22.6. The van der Waals surface area contributed by atoms with Crippen LogP contribution in [0.5, 0.6) is 0 Å². The zero-order chi connectivity index (χ0) is 23.9. The van der Waals surface area contributed by atoms with Gasteiger partial charge < -0.3 is 9.88 Å². The number of aryl methyl sites for hydroxylation is 3. The van der Waals surface area contributed by atoms with E-state index in [2.05, 4.69) is 25.0 Å². The van der Waals surface area contributed by atoms with Crippen LogP contribution in [0.4, 0.5) is 13.2 Å². The number of hydrogen-bond acceptors (Lipinski definition) is 4. The Morgan fingerprint density at radius 3 is 2.65 bits per heavy atom. The summed E-state index contributed by atoms with van der Waals surface area (Å²) in [6.45, 7) is 3.41. The highest BCUT2D eigenvalue weighted by atomic mass is 19.4. The summed E-state index contributed by atoms with van der Waals surface area (Å²) < 4.78 is 42.8. The third kappa shape index (κ3) is 4.33. The Morgan fingerprint density at radius 1 is 1.12 bits per heavy atom. The van der Waals surface area contributed by atoms with Crippen LogP contribution in [0.2, 0.25) is 0 Å². The average molecular weight is 473 g/mol. The molecule has 0 fully saturated rings. The molecule has 180 valence electrons. The zero-order valence-electron chi connectivity index (χ0n) is 19.0. The summed E-state index contributed by atoms with van der Waals surface area (Å²) in [5, 5.41) is 7.40. The van der Waals surface area contributed by atoms with Gasteiger partial charge in [0.2, 0.25) is 0 Å². The minimum absolute atomic E-state index is 0.0259. The summed E-state index contributed by atoms with van der Waals surface area (Å²) in [7, 11) is 0. The van der Waals surface area contributed by atoms with Gasteiger partial charge in [0.05, 0.1) is 11.6 Å². The molecule has 1 amide bonds. The molecule has 0 unspecified atom stereocenters. The van der Waals surface area contributed by atoms with Gasteiger partial charge in [-0.2, -0.15) is 18.3 Å². The lowest BCUT2D eigenvalue weighted by Gasteiger charge is -2.24. The maximum atomic E-state index is 13.1. The fraction of sp³-hybridized carbons (Fsp3) is 0.500. The summed E-state index contributed by atoms with van der Waals surface area (Å²) in [6, 6.07) is 7.42. The highest BCUT2D eigenvalue weighted by molar-refractivity contribution is 5.94. The van der Waals surface area contributed by atoms with Crippen molar-refractivity contribution in [2.24, 2.45) is 5.92 Å². The Balaban J connectivity index is 1.25. The third-order valence-corrected chi connectivity index (χ3v) is 6.70. The number of carbonyl (C=O) groups is 1. The minimum atomic E-state index is -4.21. The van der Waals surface area contributed by atoms with Crippen LogP contribution in [0.25, 0.3) is 11.4 Å². The first-order chi connectivity index (χ1) is 16.3. The molecule has 10 heteroatoms. The summed E-state index contributed by atoms with van der Waals surface area (Å²) in [5.41, 5.74) is 3.15. The second kappa shape index (κ2) is 8.88. The van der Waals surface area contributed by atoms with Gasteiger partial charge in [-0.15, -0.1) is 0 Å². The molecule has 0 saturated heterocycles. The van der Waals surface area contributed by atoms with Crippen LogP contribution >= 0.6 is 0 Å². The van der Waals surface area contributed by atoms with Crippen LogP contribution in [0.1, 0.15) is 59.6 Å². The molecule has 3 aromatic rings. The molecule has 0 aliphatic carbocycles. The maximum absolute atomic E-state index is 13.1. The number of nitrogens with zero attached hydrogens (tertiary/aromatic N) is 5.